The van der Waals surface area contributed by atoms with Gasteiger partial charge in [0.1, 0.15) is 5.56 Å². The number of phenols is 1. The van der Waals surface area contributed by atoms with Gasteiger partial charge in [-0.2, -0.15) is 0 Å². The van der Waals surface area contributed by atoms with Gasteiger partial charge in [0, 0.05) is 6.07 Å². The molecule has 0 radical (unpaired) electrons. The lowest BCUT2D eigenvalue weighted by molar-refractivity contribution is -0.394. The van der Waals surface area contributed by atoms with E-state index in [9.17, 15) is 35.0 Å². The summed E-state index contributed by atoms with van der Waals surface area (Å²) in [6.45, 7) is 0. The van der Waals surface area contributed by atoms with Crippen LogP contribution in [0.4, 0.5) is 11.4 Å². The van der Waals surface area contributed by atoms with E-state index >= 15 is 0 Å². The van der Waals surface area contributed by atoms with Crippen LogP contribution in [-0.4, -0.2) is 20.9 Å². The SMILES string of the molecule is O=NOC(=O)c1cc([N+](=O)[O-])cc([N+](=O)[O-])c1O. The zero-order valence-electron chi connectivity index (χ0n) is 8.30. The van der Waals surface area contributed by atoms with Gasteiger partial charge in [-0.15, -0.1) is 4.91 Å². The Morgan fingerprint density at radius 2 is 1.89 bits per heavy atom. The minimum atomic E-state index is -1.55. The third-order valence-corrected chi connectivity index (χ3v) is 1.82. The lowest BCUT2D eigenvalue weighted by Crippen LogP contribution is -2.04. The van der Waals surface area contributed by atoms with Gasteiger partial charge in [0.25, 0.3) is 5.69 Å². The summed E-state index contributed by atoms with van der Waals surface area (Å²) in [5.41, 5.74) is -2.80. The Hall–Kier alpha value is -3.11. The van der Waals surface area contributed by atoms with Crippen LogP contribution in [0.3, 0.4) is 0 Å². The molecule has 0 spiro atoms. The molecule has 94 valence electrons. The molecule has 11 heteroatoms. The van der Waals surface area contributed by atoms with Crippen LogP contribution in [0.25, 0.3) is 0 Å². The van der Waals surface area contributed by atoms with Crippen molar-refractivity contribution in [3.05, 3.63) is 42.8 Å². The predicted molar refractivity (Wildman–Crippen MR) is 52.6 cm³/mol. The molecule has 0 aliphatic heterocycles. The van der Waals surface area contributed by atoms with E-state index in [-0.39, 0.29) is 0 Å². The topological polar surface area (TPSA) is 162 Å². The van der Waals surface area contributed by atoms with Crippen molar-refractivity contribution >= 4 is 17.3 Å². The summed E-state index contributed by atoms with van der Waals surface area (Å²) in [6, 6.07) is 0.982. The van der Waals surface area contributed by atoms with Gasteiger partial charge >= 0.3 is 11.7 Å². The standard InChI is InChI=1S/C7H3N3O8/c11-6-4(7(12)18-8-13)1-3(9(14)15)2-5(6)10(16)17/h1-2,11H. The second-order valence-electron chi connectivity index (χ2n) is 2.83. The van der Waals surface area contributed by atoms with Crippen LogP contribution in [0.15, 0.2) is 17.5 Å². The van der Waals surface area contributed by atoms with Crippen LogP contribution in [0, 0.1) is 25.1 Å². The quantitative estimate of drug-likeness (QED) is 0.475. The molecule has 0 atom stereocenters. The number of rotatable bonds is 4. The van der Waals surface area contributed by atoms with Gasteiger partial charge in [0.15, 0.2) is 5.34 Å². The summed E-state index contributed by atoms with van der Waals surface area (Å²) in [5.74, 6) is -2.70. The van der Waals surface area contributed by atoms with Crippen molar-refractivity contribution < 1.29 is 24.6 Å². The van der Waals surface area contributed by atoms with Gasteiger partial charge in [0.05, 0.1) is 15.9 Å². The molecule has 0 aliphatic rings. The Morgan fingerprint density at radius 1 is 1.28 bits per heavy atom. The third kappa shape index (κ3) is 2.34. The molecule has 18 heavy (non-hydrogen) atoms. The third-order valence-electron chi connectivity index (χ3n) is 1.82. The molecule has 1 rings (SSSR count). The Balaban J connectivity index is 3.49. The zero-order chi connectivity index (χ0) is 13.9. The van der Waals surface area contributed by atoms with Crippen molar-refractivity contribution in [3.63, 3.8) is 0 Å². The van der Waals surface area contributed by atoms with E-state index in [2.05, 4.69) is 4.84 Å². The molecule has 0 aromatic heterocycles. The molecule has 0 heterocycles. The van der Waals surface area contributed by atoms with Crippen molar-refractivity contribution in [3.8, 4) is 5.75 Å². The molecule has 1 aromatic carbocycles. The van der Waals surface area contributed by atoms with Gasteiger partial charge in [-0.25, -0.2) is 4.79 Å². The number of nitro benzene ring substituents is 2. The summed E-state index contributed by atoms with van der Waals surface area (Å²) < 4.78 is 0. The number of non-ortho nitro benzene ring substituents is 1. The average molecular weight is 257 g/mol. The predicted octanol–water partition coefficient (Wildman–Crippen LogP) is 1.05. The number of carbonyl (C=O) groups excluding carboxylic acids is 1. The zero-order valence-corrected chi connectivity index (χ0v) is 8.30. The minimum absolute atomic E-state index is 0.459. The number of aromatic hydroxyl groups is 1. The monoisotopic (exact) mass is 257 g/mol. The fourth-order valence-electron chi connectivity index (χ4n) is 1.09. The molecule has 0 aliphatic carbocycles. The molecule has 1 aromatic rings. The van der Waals surface area contributed by atoms with Crippen LogP contribution < -0.4 is 0 Å². The molecule has 0 amide bonds. The molecule has 1 N–H and O–H groups in total. The van der Waals surface area contributed by atoms with Crippen LogP contribution in [-0.2, 0) is 4.84 Å². The summed E-state index contributed by atoms with van der Waals surface area (Å²) in [5, 5.41) is 32.1. The van der Waals surface area contributed by atoms with E-state index in [0.29, 0.717) is 12.1 Å². The van der Waals surface area contributed by atoms with Crippen molar-refractivity contribution in [1.29, 1.82) is 0 Å². The van der Waals surface area contributed by atoms with Crippen molar-refractivity contribution in [2.24, 2.45) is 5.34 Å². The number of nitro groups is 2. The van der Waals surface area contributed by atoms with Gasteiger partial charge in [0.2, 0.25) is 5.75 Å². The highest BCUT2D eigenvalue weighted by molar-refractivity contribution is 5.94. The Bertz CT molecular complexity index is 554. The maximum atomic E-state index is 11.1. The summed E-state index contributed by atoms with van der Waals surface area (Å²) in [4.78, 5) is 43.2. The first-order valence-corrected chi connectivity index (χ1v) is 4.08. The molecule has 11 nitrogen and oxygen atoms in total. The van der Waals surface area contributed by atoms with E-state index in [4.69, 9.17) is 0 Å². The number of carbonyl (C=O) groups is 1. The Kier molecular flexibility index (Phi) is 3.47. The normalized spacial score (nSPS) is 9.56. The largest absolute Gasteiger partial charge is 0.501 e. The molecule has 0 saturated carbocycles. The second kappa shape index (κ2) is 4.82. The maximum absolute atomic E-state index is 11.1. The highest BCUT2D eigenvalue weighted by Crippen LogP contribution is 2.34. The molecule has 0 fully saturated rings. The summed E-state index contributed by atoms with van der Waals surface area (Å²) in [7, 11) is 0. The first-order chi connectivity index (χ1) is 8.38. The van der Waals surface area contributed by atoms with E-state index in [1.54, 1.807) is 5.34 Å². The van der Waals surface area contributed by atoms with E-state index in [1.165, 1.54) is 0 Å². The lowest BCUT2D eigenvalue weighted by Gasteiger charge is -2.01. The number of hydrogen-bond donors (Lipinski definition) is 1. The van der Waals surface area contributed by atoms with Crippen LogP contribution >= 0.6 is 0 Å². The van der Waals surface area contributed by atoms with Crippen molar-refractivity contribution in [1.82, 2.24) is 0 Å². The van der Waals surface area contributed by atoms with Crippen molar-refractivity contribution in [2.45, 2.75) is 0 Å². The number of phenolic OH excluding ortho intramolecular Hbond substituents is 1. The Labute approximate surface area is 96.8 Å². The van der Waals surface area contributed by atoms with Gasteiger partial charge < -0.3 is 5.11 Å². The van der Waals surface area contributed by atoms with Crippen LogP contribution in [0.5, 0.6) is 5.75 Å². The van der Waals surface area contributed by atoms with E-state index in [1.807, 2.05) is 0 Å². The first kappa shape index (κ1) is 13.0. The van der Waals surface area contributed by atoms with E-state index in [0.717, 1.165) is 0 Å². The fraction of sp³-hybridized carbons (Fsp3) is 0. The molecular formula is C7H3N3O8. The summed E-state index contributed by atoms with van der Waals surface area (Å²) >= 11 is 0. The fourth-order valence-corrected chi connectivity index (χ4v) is 1.09. The lowest BCUT2D eigenvalue weighted by atomic mass is 10.1. The number of benzene rings is 1. The first-order valence-electron chi connectivity index (χ1n) is 4.08. The average Bonchev–Trinajstić information content (AvgIpc) is 2.28. The maximum Gasteiger partial charge on any atom is 0.373 e. The van der Waals surface area contributed by atoms with Crippen LogP contribution in [0.2, 0.25) is 0 Å². The number of nitrogens with zero attached hydrogens (tertiary/aromatic N) is 3. The molecule has 0 unspecified atom stereocenters. The molecule has 0 saturated heterocycles. The molecular weight excluding hydrogens is 254 g/mol. The van der Waals surface area contributed by atoms with Gasteiger partial charge in [-0.1, -0.05) is 0 Å². The van der Waals surface area contributed by atoms with E-state index < -0.39 is 38.5 Å². The minimum Gasteiger partial charge on any atom is -0.501 e. The van der Waals surface area contributed by atoms with Gasteiger partial charge in [-0.3, -0.25) is 25.1 Å². The number of hydrogen-bond acceptors (Lipinski definition) is 9. The smallest absolute Gasteiger partial charge is 0.373 e. The van der Waals surface area contributed by atoms with Crippen LogP contribution in [0.1, 0.15) is 10.4 Å². The van der Waals surface area contributed by atoms with Crippen molar-refractivity contribution in [2.75, 3.05) is 0 Å². The Morgan fingerprint density at radius 3 is 2.33 bits per heavy atom. The van der Waals surface area contributed by atoms with Gasteiger partial charge in [-0.05, 0) is 0 Å². The highest BCUT2D eigenvalue weighted by atomic mass is 16.7. The second-order valence-corrected chi connectivity index (χ2v) is 2.83. The molecule has 0 bridgehead atoms. The summed E-state index contributed by atoms with van der Waals surface area (Å²) in [6.07, 6.45) is 0. The highest BCUT2D eigenvalue weighted by Gasteiger charge is 2.28.